The van der Waals surface area contributed by atoms with Crippen LogP contribution in [0.4, 0.5) is 0 Å². The predicted molar refractivity (Wildman–Crippen MR) is 261 cm³/mol. The number of quaternary nitrogens is 1. The van der Waals surface area contributed by atoms with Gasteiger partial charge >= 0.3 is 0 Å². The quantitative estimate of drug-likeness (QED) is 0.0273. The van der Waals surface area contributed by atoms with E-state index in [-0.39, 0.29) is 19.1 Å². The van der Waals surface area contributed by atoms with E-state index in [1.54, 1.807) is 6.08 Å². The molecule has 1 amide bonds. The molecule has 0 radical (unpaired) electrons. The van der Waals surface area contributed by atoms with Gasteiger partial charge < -0.3 is 28.8 Å². The maximum Gasteiger partial charge on any atom is 0.268 e. The molecule has 2 N–H and O–H groups in total. The van der Waals surface area contributed by atoms with Crippen LogP contribution in [0, 0.1) is 0 Å². The van der Waals surface area contributed by atoms with Gasteiger partial charge in [0.05, 0.1) is 39.9 Å². The summed E-state index contributed by atoms with van der Waals surface area (Å²) >= 11 is 0. The van der Waals surface area contributed by atoms with Gasteiger partial charge in [-0.05, 0) is 51.4 Å². The van der Waals surface area contributed by atoms with Gasteiger partial charge in [0.25, 0.3) is 7.82 Å². The van der Waals surface area contributed by atoms with Crippen molar-refractivity contribution in [3.05, 3.63) is 36.5 Å². The zero-order valence-electron chi connectivity index (χ0n) is 40.9. The Morgan fingerprint density at radius 2 is 0.951 bits per heavy atom. The zero-order chi connectivity index (χ0) is 45.0. The summed E-state index contributed by atoms with van der Waals surface area (Å²) < 4.78 is 23.3. The smallest absolute Gasteiger partial charge is 0.268 e. The number of nitrogens with zero attached hydrogens (tertiary/aromatic N) is 1. The highest BCUT2D eigenvalue weighted by Gasteiger charge is 2.23. The maximum atomic E-state index is 12.9. The predicted octanol–water partition coefficient (Wildman–Crippen LogP) is 14.4. The molecule has 0 aromatic rings. The van der Waals surface area contributed by atoms with Crippen molar-refractivity contribution < 1.29 is 32.9 Å². The average molecular weight is 881 g/mol. The number of hydrogen-bond donors (Lipinski definition) is 2. The van der Waals surface area contributed by atoms with E-state index in [0.717, 1.165) is 51.4 Å². The number of carbonyl (C=O) groups is 1. The molecule has 9 heteroatoms. The molecule has 3 atom stereocenters. The number of phosphoric ester groups is 1. The van der Waals surface area contributed by atoms with E-state index < -0.39 is 20.0 Å². The number of allylic oxidation sites excluding steroid dienone is 5. The summed E-state index contributed by atoms with van der Waals surface area (Å²) in [5.74, 6) is -0.204. The van der Waals surface area contributed by atoms with Crippen LogP contribution in [0.2, 0.25) is 0 Å². The number of aliphatic hydroxyl groups excluding tert-OH is 1. The molecule has 0 saturated heterocycles. The lowest BCUT2D eigenvalue weighted by molar-refractivity contribution is -0.870. The second-order valence-electron chi connectivity index (χ2n) is 18.9. The van der Waals surface area contributed by atoms with Crippen molar-refractivity contribution in [1.82, 2.24) is 5.32 Å². The highest BCUT2D eigenvalue weighted by Crippen LogP contribution is 2.38. The molecule has 0 rings (SSSR count). The molecule has 8 nitrogen and oxygen atoms in total. The number of aliphatic hydroxyl groups is 1. The zero-order valence-corrected chi connectivity index (χ0v) is 41.8. The average Bonchev–Trinajstić information content (AvgIpc) is 3.21. The van der Waals surface area contributed by atoms with Crippen molar-refractivity contribution >= 4 is 13.7 Å². The summed E-state index contributed by atoms with van der Waals surface area (Å²) in [6, 6.07) is -0.890. The Morgan fingerprint density at radius 1 is 0.574 bits per heavy atom. The number of amides is 1. The van der Waals surface area contributed by atoms with Gasteiger partial charge in [-0.2, -0.15) is 0 Å². The minimum absolute atomic E-state index is 0.00262. The first-order valence-electron chi connectivity index (χ1n) is 25.9. The van der Waals surface area contributed by atoms with Crippen LogP contribution < -0.4 is 10.2 Å². The minimum Gasteiger partial charge on any atom is -0.756 e. The molecule has 0 aliphatic carbocycles. The van der Waals surface area contributed by atoms with E-state index in [2.05, 4.69) is 43.5 Å². The molecule has 0 spiro atoms. The molecule has 360 valence electrons. The minimum atomic E-state index is -4.59. The van der Waals surface area contributed by atoms with Crippen molar-refractivity contribution in [2.24, 2.45) is 0 Å². The fraction of sp³-hybridized carbons (Fsp3) is 0.865. The van der Waals surface area contributed by atoms with E-state index in [1.165, 1.54) is 167 Å². The van der Waals surface area contributed by atoms with Crippen LogP contribution in [-0.4, -0.2) is 68.5 Å². The van der Waals surface area contributed by atoms with Crippen LogP contribution in [0.15, 0.2) is 36.5 Å². The van der Waals surface area contributed by atoms with Crippen LogP contribution in [0.1, 0.15) is 239 Å². The molecule has 0 fully saturated rings. The normalized spacial score (nSPS) is 14.4. The second kappa shape index (κ2) is 43.9. The van der Waals surface area contributed by atoms with Crippen molar-refractivity contribution in [3.63, 3.8) is 0 Å². The largest absolute Gasteiger partial charge is 0.756 e. The third kappa shape index (κ3) is 46.5. The van der Waals surface area contributed by atoms with Crippen LogP contribution in [0.25, 0.3) is 0 Å². The Bertz CT molecular complexity index is 1090. The molecule has 0 aliphatic rings. The van der Waals surface area contributed by atoms with Crippen LogP contribution >= 0.6 is 7.82 Å². The first kappa shape index (κ1) is 59.7. The molecular weight excluding hydrogens is 780 g/mol. The van der Waals surface area contributed by atoms with Crippen molar-refractivity contribution in [2.45, 2.75) is 251 Å². The number of phosphoric acid groups is 1. The van der Waals surface area contributed by atoms with Gasteiger partial charge in [-0.1, -0.05) is 217 Å². The van der Waals surface area contributed by atoms with E-state index >= 15 is 0 Å². The van der Waals surface area contributed by atoms with Gasteiger partial charge in [-0.3, -0.25) is 9.36 Å². The number of unbranched alkanes of at least 4 members (excludes halogenated alkanes) is 30. The van der Waals surface area contributed by atoms with Gasteiger partial charge in [0.1, 0.15) is 13.2 Å². The first-order chi connectivity index (χ1) is 29.5. The summed E-state index contributed by atoms with van der Waals surface area (Å²) in [4.78, 5) is 25.4. The molecular formula is C52H101N2O6P. The third-order valence-corrected chi connectivity index (χ3v) is 12.6. The Morgan fingerprint density at radius 3 is 1.36 bits per heavy atom. The molecule has 61 heavy (non-hydrogen) atoms. The van der Waals surface area contributed by atoms with Gasteiger partial charge in [-0.25, -0.2) is 0 Å². The highest BCUT2D eigenvalue weighted by atomic mass is 31.2. The Labute approximate surface area is 378 Å². The number of likely N-dealkylation sites (N-methyl/N-ethyl adjacent to an activating group) is 1. The highest BCUT2D eigenvalue weighted by molar-refractivity contribution is 7.45. The second-order valence-corrected chi connectivity index (χ2v) is 20.3. The lowest BCUT2D eigenvalue weighted by Crippen LogP contribution is -2.45. The number of rotatable bonds is 47. The molecule has 0 saturated carbocycles. The van der Waals surface area contributed by atoms with E-state index in [0.29, 0.717) is 17.4 Å². The topological polar surface area (TPSA) is 108 Å². The lowest BCUT2D eigenvalue weighted by Gasteiger charge is -2.29. The fourth-order valence-corrected chi connectivity index (χ4v) is 8.20. The number of hydrogen-bond acceptors (Lipinski definition) is 6. The van der Waals surface area contributed by atoms with Gasteiger partial charge in [0, 0.05) is 6.42 Å². The summed E-state index contributed by atoms with van der Waals surface area (Å²) in [6.45, 7) is 4.66. The Hall–Kier alpha value is -1.28. The molecule has 0 bridgehead atoms. The van der Waals surface area contributed by atoms with Crippen molar-refractivity contribution in [1.29, 1.82) is 0 Å². The summed E-state index contributed by atoms with van der Waals surface area (Å²) in [5, 5.41) is 13.8. The standard InChI is InChI=1S/C52H101N2O6P/c1-6-8-10-12-14-16-18-20-22-24-25-26-27-28-29-30-32-34-36-38-40-42-44-46-52(56)53-50(49-60-61(57,58)59-48-47-54(3,4)5)51(55)45-43-41-39-37-35-33-31-23-21-19-17-15-13-11-9-7-2/h25-26,28-29,43,45,50-51,55H,6-24,27,30-42,44,46-49H2,1-5H3,(H-,53,56,57,58)/b26-25-,29-28-,45-43+. The van der Waals surface area contributed by atoms with Crippen molar-refractivity contribution in [2.75, 3.05) is 40.9 Å². The molecule has 0 aromatic heterocycles. The van der Waals surface area contributed by atoms with Crippen LogP contribution in [0.5, 0.6) is 0 Å². The molecule has 3 unspecified atom stereocenters. The monoisotopic (exact) mass is 881 g/mol. The molecule has 0 aliphatic heterocycles. The van der Waals surface area contributed by atoms with E-state index in [9.17, 15) is 19.4 Å². The Balaban J connectivity index is 4.30. The number of carbonyl (C=O) groups excluding carboxylic acids is 1. The summed E-state index contributed by atoms with van der Waals surface area (Å²) in [7, 11) is 1.26. The molecule has 0 heterocycles. The maximum absolute atomic E-state index is 12.9. The van der Waals surface area contributed by atoms with E-state index in [1.807, 2.05) is 27.2 Å². The van der Waals surface area contributed by atoms with E-state index in [4.69, 9.17) is 9.05 Å². The molecule has 0 aromatic carbocycles. The fourth-order valence-electron chi connectivity index (χ4n) is 7.48. The van der Waals surface area contributed by atoms with Crippen LogP contribution in [-0.2, 0) is 18.4 Å². The summed E-state index contributed by atoms with van der Waals surface area (Å²) in [5.41, 5.74) is 0. The SMILES string of the molecule is CCCCCCCCCCC/C=C\C/C=C\CCCCCCCCCC(=O)NC(COP(=O)([O-])OCC[N+](C)(C)C)C(O)/C=C/CCCCCCCCCCCCCCCC. The number of nitrogens with one attached hydrogen (secondary N) is 1. The van der Waals surface area contributed by atoms with Gasteiger partial charge in [-0.15, -0.1) is 0 Å². The lowest BCUT2D eigenvalue weighted by atomic mass is 10.0. The summed E-state index contributed by atoms with van der Waals surface area (Å²) in [6.07, 6.45) is 54.8. The van der Waals surface area contributed by atoms with Gasteiger partial charge in [0.2, 0.25) is 5.91 Å². The first-order valence-corrected chi connectivity index (χ1v) is 27.3. The third-order valence-electron chi connectivity index (χ3n) is 11.6. The van der Waals surface area contributed by atoms with Crippen molar-refractivity contribution in [3.8, 4) is 0 Å². The van der Waals surface area contributed by atoms with Crippen LogP contribution in [0.3, 0.4) is 0 Å². The Kier molecular flexibility index (Phi) is 43.0. The van der Waals surface area contributed by atoms with Gasteiger partial charge in [0.15, 0.2) is 0 Å².